The zero-order valence-electron chi connectivity index (χ0n) is 20.2. The summed E-state index contributed by atoms with van der Waals surface area (Å²) in [6, 6.07) is 4.39. The highest BCUT2D eigenvalue weighted by Gasteiger charge is 2.37. The maximum absolute atomic E-state index is 13.3. The lowest BCUT2D eigenvalue weighted by Crippen LogP contribution is -2.54. The number of carbonyl (C=O) groups is 2. The number of benzene rings is 1. The number of hydrogen-bond donors (Lipinski definition) is 3. The van der Waals surface area contributed by atoms with Crippen molar-refractivity contribution in [3.63, 3.8) is 0 Å². The van der Waals surface area contributed by atoms with Crippen molar-refractivity contribution < 1.29 is 31.9 Å². The highest BCUT2D eigenvalue weighted by atomic mass is 19.4. The first-order chi connectivity index (χ1) is 17.5. The van der Waals surface area contributed by atoms with Crippen LogP contribution in [-0.2, 0) is 11.0 Å². The summed E-state index contributed by atoms with van der Waals surface area (Å²) in [5, 5.41) is 6.19. The Morgan fingerprint density at radius 2 is 1.81 bits per heavy atom. The molecule has 0 spiro atoms. The molecule has 0 aliphatic heterocycles. The minimum Gasteiger partial charge on any atom is -0.494 e. The van der Waals surface area contributed by atoms with Gasteiger partial charge in [0.2, 0.25) is 11.8 Å². The van der Waals surface area contributed by atoms with E-state index in [4.69, 9.17) is 14.9 Å². The lowest BCUT2D eigenvalue weighted by Gasteiger charge is -2.36. The Balaban J connectivity index is 1.40. The van der Waals surface area contributed by atoms with E-state index in [0.717, 1.165) is 18.9 Å². The lowest BCUT2D eigenvalue weighted by atomic mass is 9.86. The van der Waals surface area contributed by atoms with Gasteiger partial charge in [0, 0.05) is 29.0 Å². The summed E-state index contributed by atoms with van der Waals surface area (Å²) in [6.07, 6.45) is -1.56. The molecule has 0 radical (unpaired) electrons. The summed E-state index contributed by atoms with van der Waals surface area (Å²) in [5.74, 6) is 0.0348. The van der Waals surface area contributed by atoms with Gasteiger partial charge in [-0.2, -0.15) is 13.2 Å². The van der Waals surface area contributed by atoms with Gasteiger partial charge in [0.25, 0.3) is 5.91 Å². The van der Waals surface area contributed by atoms with Crippen LogP contribution in [0.15, 0.2) is 28.7 Å². The Labute approximate surface area is 210 Å². The normalized spacial score (nSPS) is 20.3. The number of amides is 2. The number of fused-ring (bicyclic) bond motifs is 1. The number of oxazole rings is 1. The van der Waals surface area contributed by atoms with E-state index in [1.54, 1.807) is 13.0 Å². The molecule has 9 nitrogen and oxygen atoms in total. The molecule has 1 atom stereocenters. The molecule has 3 aromatic rings. The fourth-order valence-corrected chi connectivity index (χ4v) is 4.39. The number of nitrogens with zero attached hydrogens (tertiary/aromatic N) is 2. The predicted octanol–water partition coefficient (Wildman–Crippen LogP) is 3.72. The van der Waals surface area contributed by atoms with Gasteiger partial charge in [0.1, 0.15) is 17.0 Å². The third-order valence-corrected chi connectivity index (χ3v) is 6.61. The molecular weight excluding hydrogens is 491 g/mol. The number of hydrogen-bond acceptors (Lipinski definition) is 7. The first-order valence-corrected chi connectivity index (χ1v) is 12.0. The van der Waals surface area contributed by atoms with Crippen LogP contribution in [-0.4, -0.2) is 41.0 Å². The fourth-order valence-electron chi connectivity index (χ4n) is 4.39. The van der Waals surface area contributed by atoms with Crippen molar-refractivity contribution >= 4 is 22.7 Å². The number of pyridine rings is 1. The molecule has 2 aromatic heterocycles. The Bertz CT molecular complexity index is 1360. The van der Waals surface area contributed by atoms with E-state index < -0.39 is 23.8 Å². The molecule has 2 amide bonds. The van der Waals surface area contributed by atoms with Crippen LogP contribution in [0.2, 0.25) is 0 Å². The van der Waals surface area contributed by atoms with E-state index in [1.807, 2.05) is 0 Å². The van der Waals surface area contributed by atoms with Crippen LogP contribution in [0, 0.1) is 5.92 Å². The van der Waals surface area contributed by atoms with Gasteiger partial charge in [-0.1, -0.05) is 0 Å². The number of halogens is 3. The second-order valence-electron chi connectivity index (χ2n) is 9.55. The third kappa shape index (κ3) is 4.97. The minimum absolute atomic E-state index is 0.000644. The van der Waals surface area contributed by atoms with Gasteiger partial charge < -0.3 is 25.5 Å². The van der Waals surface area contributed by atoms with E-state index >= 15 is 0 Å². The number of alkyl halides is 3. The van der Waals surface area contributed by atoms with E-state index in [9.17, 15) is 22.8 Å². The average Bonchev–Trinajstić information content (AvgIpc) is 3.59. The van der Waals surface area contributed by atoms with Crippen LogP contribution < -0.4 is 21.1 Å². The number of rotatable bonds is 7. The average molecular weight is 518 g/mol. The van der Waals surface area contributed by atoms with Crippen LogP contribution >= 0.6 is 0 Å². The molecule has 4 N–H and O–H groups in total. The van der Waals surface area contributed by atoms with E-state index in [2.05, 4.69) is 20.6 Å². The molecule has 0 unspecified atom stereocenters. The van der Waals surface area contributed by atoms with Crippen molar-refractivity contribution in [1.82, 2.24) is 20.6 Å². The number of ether oxygens (including phenoxy) is 1. The first-order valence-electron chi connectivity index (χ1n) is 12.0. The lowest BCUT2D eigenvalue weighted by molar-refractivity contribution is -0.141. The van der Waals surface area contributed by atoms with Crippen LogP contribution in [0.5, 0.6) is 5.75 Å². The standard InChI is InChI=1S/C25H26F3N5O4/c1-11(29)21-20(23(35)31-14-9-13(10-14)30-22(34)12-3-4-12)33-24(37-21)16-5-7-17(36-2)19-15(16)6-8-18(32-19)25(26,27)28/h5-8,11-14H,3-4,9-10,29H2,1-2H3,(H,30,34)(H,31,35)/t11-,13?,14?/m0/s1. The number of nitrogens with two attached hydrogens (primary N) is 1. The van der Waals surface area contributed by atoms with Crippen molar-refractivity contribution in [2.75, 3.05) is 7.11 Å². The van der Waals surface area contributed by atoms with Gasteiger partial charge in [0.15, 0.2) is 11.5 Å². The molecule has 2 fully saturated rings. The first kappa shape index (κ1) is 25.0. The summed E-state index contributed by atoms with van der Waals surface area (Å²) in [6.45, 7) is 1.64. The molecule has 0 saturated heterocycles. The molecule has 2 saturated carbocycles. The monoisotopic (exact) mass is 517 g/mol. The van der Waals surface area contributed by atoms with Gasteiger partial charge in [-0.05, 0) is 56.9 Å². The van der Waals surface area contributed by atoms with Crippen LogP contribution in [0.4, 0.5) is 13.2 Å². The molecule has 0 bridgehead atoms. The highest BCUT2D eigenvalue weighted by Crippen LogP contribution is 2.37. The largest absolute Gasteiger partial charge is 0.494 e. The van der Waals surface area contributed by atoms with Crippen LogP contribution in [0.1, 0.15) is 60.6 Å². The quantitative estimate of drug-likeness (QED) is 0.435. The van der Waals surface area contributed by atoms with E-state index in [1.165, 1.54) is 19.2 Å². The van der Waals surface area contributed by atoms with Crippen molar-refractivity contribution in [3.8, 4) is 17.2 Å². The summed E-state index contributed by atoms with van der Waals surface area (Å²) in [5.41, 5.74) is 5.29. The third-order valence-electron chi connectivity index (χ3n) is 6.61. The molecule has 2 aliphatic carbocycles. The maximum atomic E-state index is 13.3. The summed E-state index contributed by atoms with van der Waals surface area (Å²) in [4.78, 5) is 33.1. The van der Waals surface area contributed by atoms with E-state index in [0.29, 0.717) is 23.8 Å². The molecule has 2 aliphatic rings. The summed E-state index contributed by atoms with van der Waals surface area (Å²) in [7, 11) is 1.33. The number of aromatic nitrogens is 2. The molecule has 1 aromatic carbocycles. The predicted molar refractivity (Wildman–Crippen MR) is 127 cm³/mol. The number of carbonyl (C=O) groups excluding carboxylic acids is 2. The zero-order chi connectivity index (χ0) is 26.5. The van der Waals surface area contributed by atoms with Crippen molar-refractivity contribution in [1.29, 1.82) is 0 Å². The second-order valence-corrected chi connectivity index (χ2v) is 9.55. The fraction of sp³-hybridized carbons (Fsp3) is 0.440. The Morgan fingerprint density at radius 3 is 2.43 bits per heavy atom. The van der Waals surface area contributed by atoms with Gasteiger partial charge >= 0.3 is 6.18 Å². The smallest absolute Gasteiger partial charge is 0.433 e. The maximum Gasteiger partial charge on any atom is 0.433 e. The topological polar surface area (TPSA) is 132 Å². The van der Waals surface area contributed by atoms with Gasteiger partial charge in [0.05, 0.1) is 13.2 Å². The second kappa shape index (κ2) is 9.33. The molecule has 5 rings (SSSR count). The van der Waals surface area contributed by atoms with E-state index in [-0.39, 0.29) is 52.5 Å². The molecule has 2 heterocycles. The molecule has 196 valence electrons. The Kier molecular flexibility index (Phi) is 6.30. The van der Waals surface area contributed by atoms with Gasteiger partial charge in [-0.15, -0.1) is 0 Å². The molecule has 37 heavy (non-hydrogen) atoms. The van der Waals surface area contributed by atoms with Crippen molar-refractivity contribution in [3.05, 3.63) is 41.4 Å². The molecular formula is C25H26F3N5O4. The minimum atomic E-state index is -4.63. The molecule has 12 heteroatoms. The zero-order valence-corrected chi connectivity index (χ0v) is 20.2. The van der Waals surface area contributed by atoms with Gasteiger partial charge in [-0.3, -0.25) is 9.59 Å². The SMILES string of the molecule is COc1ccc(-c2nc(C(=O)NC3CC(NC(=O)C4CC4)C3)c([C@H](C)N)o2)c2ccc(C(F)(F)F)nc12. The van der Waals surface area contributed by atoms with Crippen molar-refractivity contribution in [2.24, 2.45) is 11.7 Å². The Hall–Kier alpha value is -3.67. The van der Waals surface area contributed by atoms with Crippen LogP contribution in [0.25, 0.3) is 22.4 Å². The highest BCUT2D eigenvalue weighted by molar-refractivity contribution is 5.98. The number of methoxy groups -OCH3 is 1. The van der Waals surface area contributed by atoms with Gasteiger partial charge in [-0.25, -0.2) is 9.97 Å². The number of nitrogens with one attached hydrogen (secondary N) is 2. The Morgan fingerprint density at radius 1 is 1.11 bits per heavy atom. The summed E-state index contributed by atoms with van der Waals surface area (Å²) >= 11 is 0. The van der Waals surface area contributed by atoms with Crippen molar-refractivity contribution in [2.45, 2.75) is 56.9 Å². The van der Waals surface area contributed by atoms with Crippen LogP contribution in [0.3, 0.4) is 0 Å². The summed E-state index contributed by atoms with van der Waals surface area (Å²) < 4.78 is 50.8.